The monoisotopic (exact) mass is 499 g/mol. The minimum absolute atomic E-state index is 0.175. The lowest BCUT2D eigenvalue weighted by Gasteiger charge is -2.34. The molecule has 0 atom stereocenters. The van der Waals surface area contributed by atoms with Crippen LogP contribution in [0, 0.1) is 0 Å². The normalized spacial score (nSPS) is 17.3. The second-order valence-electron chi connectivity index (χ2n) is 9.73. The third-order valence-corrected chi connectivity index (χ3v) is 7.28. The Morgan fingerprint density at radius 3 is 2.49 bits per heavy atom. The number of aromatic nitrogens is 4. The van der Waals surface area contributed by atoms with E-state index in [0.717, 1.165) is 97.5 Å². The van der Waals surface area contributed by atoms with E-state index in [-0.39, 0.29) is 6.10 Å². The van der Waals surface area contributed by atoms with Gasteiger partial charge in [0.05, 0.1) is 18.9 Å². The highest BCUT2D eigenvalue weighted by atomic mass is 16.5. The molecular weight excluding hydrogens is 466 g/mol. The molecule has 2 aliphatic heterocycles. The average molecular weight is 500 g/mol. The van der Waals surface area contributed by atoms with Gasteiger partial charge in [-0.1, -0.05) is 0 Å². The number of ether oxygens (including phenoxy) is 2. The quantitative estimate of drug-likeness (QED) is 0.411. The van der Waals surface area contributed by atoms with Gasteiger partial charge in [-0.2, -0.15) is 0 Å². The van der Waals surface area contributed by atoms with Gasteiger partial charge in [-0.25, -0.2) is 15.0 Å². The molecule has 0 spiro atoms. The van der Waals surface area contributed by atoms with Gasteiger partial charge in [-0.15, -0.1) is 0 Å². The number of piperazine rings is 1. The number of fused-ring (bicyclic) bond motifs is 1. The van der Waals surface area contributed by atoms with Crippen molar-refractivity contribution in [1.29, 1.82) is 0 Å². The lowest BCUT2D eigenvalue weighted by Crippen LogP contribution is -2.44. The summed E-state index contributed by atoms with van der Waals surface area (Å²) in [5.41, 5.74) is 6.41. The van der Waals surface area contributed by atoms with E-state index in [4.69, 9.17) is 14.5 Å². The smallest absolute Gasteiger partial charge is 0.161 e. The Morgan fingerprint density at radius 1 is 0.973 bits per heavy atom. The van der Waals surface area contributed by atoms with Gasteiger partial charge in [-0.05, 0) is 49.5 Å². The molecule has 2 N–H and O–H groups in total. The summed E-state index contributed by atoms with van der Waals surface area (Å²) < 4.78 is 11.7. The Bertz CT molecular complexity index is 1360. The molecule has 2 aromatic carbocycles. The molecule has 0 bridgehead atoms. The number of nitrogens with one attached hydrogen (secondary N) is 2. The Labute approximate surface area is 216 Å². The van der Waals surface area contributed by atoms with E-state index in [1.165, 1.54) is 5.69 Å². The second kappa shape index (κ2) is 10.4. The summed E-state index contributed by atoms with van der Waals surface area (Å²) in [7, 11) is 4.08. The zero-order valence-corrected chi connectivity index (χ0v) is 21.4. The lowest BCUT2D eigenvalue weighted by molar-refractivity contribution is 0.0258. The van der Waals surface area contributed by atoms with E-state index in [1.54, 1.807) is 6.33 Å². The minimum Gasteiger partial charge on any atom is -0.488 e. The first-order chi connectivity index (χ1) is 18.2. The van der Waals surface area contributed by atoms with Gasteiger partial charge in [0.2, 0.25) is 0 Å². The Kier molecular flexibility index (Phi) is 6.63. The fourth-order valence-corrected chi connectivity index (χ4v) is 5.02. The van der Waals surface area contributed by atoms with Crippen molar-refractivity contribution in [1.82, 2.24) is 24.8 Å². The predicted molar refractivity (Wildman–Crippen MR) is 146 cm³/mol. The predicted octanol–water partition coefficient (Wildman–Crippen LogP) is 4.04. The highest BCUT2D eigenvalue weighted by Gasteiger charge is 2.19. The fraction of sp³-hybridized carbons (Fsp3) is 0.393. The molecule has 4 aromatic rings. The summed E-state index contributed by atoms with van der Waals surface area (Å²) in [6.07, 6.45) is 3.57. The average Bonchev–Trinajstić information content (AvgIpc) is 3.39. The summed E-state index contributed by atoms with van der Waals surface area (Å²) in [5.74, 6) is 1.63. The number of aromatic amines is 1. The third-order valence-electron chi connectivity index (χ3n) is 7.28. The largest absolute Gasteiger partial charge is 0.488 e. The van der Waals surface area contributed by atoms with Crippen LogP contribution in [-0.4, -0.2) is 84.4 Å². The van der Waals surface area contributed by atoms with Crippen LogP contribution >= 0.6 is 0 Å². The van der Waals surface area contributed by atoms with Gasteiger partial charge in [0, 0.05) is 62.9 Å². The molecule has 0 amide bonds. The molecule has 2 fully saturated rings. The maximum Gasteiger partial charge on any atom is 0.161 e. The first-order valence-corrected chi connectivity index (χ1v) is 13.0. The summed E-state index contributed by atoms with van der Waals surface area (Å²) in [4.78, 5) is 22.2. The van der Waals surface area contributed by atoms with Crippen LogP contribution < -0.4 is 15.0 Å². The summed E-state index contributed by atoms with van der Waals surface area (Å²) >= 11 is 0. The second-order valence-corrected chi connectivity index (χ2v) is 9.73. The summed E-state index contributed by atoms with van der Waals surface area (Å²) in [6.45, 7) is 5.77. The van der Waals surface area contributed by atoms with Crippen LogP contribution in [0.2, 0.25) is 0 Å². The van der Waals surface area contributed by atoms with Crippen molar-refractivity contribution in [2.75, 3.05) is 63.7 Å². The van der Waals surface area contributed by atoms with Crippen molar-refractivity contribution < 1.29 is 9.47 Å². The van der Waals surface area contributed by atoms with Crippen molar-refractivity contribution in [2.24, 2.45) is 0 Å². The highest BCUT2D eigenvalue weighted by molar-refractivity contribution is 5.90. The molecule has 0 radical (unpaired) electrons. The number of benzene rings is 2. The Morgan fingerprint density at radius 2 is 1.73 bits per heavy atom. The molecule has 0 aliphatic carbocycles. The molecule has 2 aliphatic rings. The van der Waals surface area contributed by atoms with Gasteiger partial charge >= 0.3 is 0 Å². The Balaban J connectivity index is 1.26. The molecule has 37 heavy (non-hydrogen) atoms. The van der Waals surface area contributed by atoms with Crippen LogP contribution in [0.1, 0.15) is 12.8 Å². The number of likely N-dealkylation sites (N-methyl/N-ethyl adjacent to an activating group) is 1. The highest BCUT2D eigenvalue weighted by Crippen LogP contribution is 2.34. The molecule has 192 valence electrons. The van der Waals surface area contributed by atoms with Crippen molar-refractivity contribution in [2.45, 2.75) is 18.9 Å². The molecule has 9 heteroatoms. The zero-order chi connectivity index (χ0) is 25.2. The molecule has 0 unspecified atom stereocenters. The lowest BCUT2D eigenvalue weighted by atomic mass is 10.1. The first-order valence-electron chi connectivity index (χ1n) is 13.0. The third kappa shape index (κ3) is 4.97. The Hall–Kier alpha value is -3.69. The van der Waals surface area contributed by atoms with E-state index < -0.39 is 0 Å². The topological polar surface area (TPSA) is 91.4 Å². The van der Waals surface area contributed by atoms with Crippen molar-refractivity contribution in [3.8, 4) is 28.4 Å². The number of imidazole rings is 1. The number of nitrogens with zero attached hydrogens (tertiary/aromatic N) is 5. The van der Waals surface area contributed by atoms with Crippen LogP contribution in [0.25, 0.3) is 33.8 Å². The molecule has 9 nitrogen and oxygen atoms in total. The number of anilines is 2. The van der Waals surface area contributed by atoms with Gasteiger partial charge < -0.3 is 29.6 Å². The molecule has 2 aromatic heterocycles. The number of hydrogen-bond donors (Lipinski definition) is 2. The van der Waals surface area contributed by atoms with Gasteiger partial charge in [0.15, 0.2) is 5.65 Å². The van der Waals surface area contributed by atoms with Crippen molar-refractivity contribution in [3.63, 3.8) is 0 Å². The van der Waals surface area contributed by atoms with Crippen LogP contribution in [-0.2, 0) is 4.74 Å². The maximum absolute atomic E-state index is 6.27. The van der Waals surface area contributed by atoms with Crippen LogP contribution in [0.3, 0.4) is 0 Å². The van der Waals surface area contributed by atoms with E-state index in [2.05, 4.69) is 67.4 Å². The van der Waals surface area contributed by atoms with E-state index in [9.17, 15) is 0 Å². The molecule has 4 heterocycles. The van der Waals surface area contributed by atoms with E-state index in [0.29, 0.717) is 0 Å². The van der Waals surface area contributed by atoms with Crippen LogP contribution in [0.4, 0.5) is 11.4 Å². The van der Waals surface area contributed by atoms with Crippen molar-refractivity contribution >= 4 is 22.5 Å². The number of H-pyrrole nitrogens is 1. The number of rotatable bonds is 6. The van der Waals surface area contributed by atoms with Crippen LogP contribution in [0.15, 0.2) is 48.8 Å². The van der Waals surface area contributed by atoms with Gasteiger partial charge in [0.1, 0.15) is 35.2 Å². The standard InChI is InChI=1S/C28H33N7O2/c1-29-23-17-20(5-8-24(23)37-22-9-15-36-16-10-22)25-26-28(31-18-30-25)33-27(32-26)19-3-6-21(7-4-19)35-13-11-34(2)12-14-35/h3-8,17-18,22,29H,9-16H2,1-2H3,(H,30,31,32,33). The van der Waals surface area contributed by atoms with E-state index in [1.807, 2.05) is 19.2 Å². The molecule has 2 saturated heterocycles. The van der Waals surface area contributed by atoms with Gasteiger partial charge in [0.25, 0.3) is 0 Å². The fourth-order valence-electron chi connectivity index (χ4n) is 5.02. The van der Waals surface area contributed by atoms with Crippen LogP contribution in [0.5, 0.6) is 5.75 Å². The number of hydrogen-bond acceptors (Lipinski definition) is 8. The van der Waals surface area contributed by atoms with E-state index >= 15 is 0 Å². The molecule has 6 rings (SSSR count). The summed E-state index contributed by atoms with van der Waals surface area (Å²) in [6, 6.07) is 14.7. The summed E-state index contributed by atoms with van der Waals surface area (Å²) in [5, 5.41) is 3.27. The van der Waals surface area contributed by atoms with Gasteiger partial charge in [-0.3, -0.25) is 0 Å². The first kappa shape index (κ1) is 23.7. The van der Waals surface area contributed by atoms with Crippen molar-refractivity contribution in [3.05, 3.63) is 48.8 Å². The molecule has 0 saturated carbocycles. The SMILES string of the molecule is CNc1cc(-c2ncnc3[nH]c(-c4ccc(N5CCN(C)CC5)cc4)nc23)ccc1OC1CCOCC1. The maximum atomic E-state index is 6.27. The molecular formula is C28H33N7O2. The minimum atomic E-state index is 0.175. The zero-order valence-electron chi connectivity index (χ0n) is 21.4.